The van der Waals surface area contributed by atoms with Gasteiger partial charge in [-0.05, 0) is 12.1 Å². The highest BCUT2D eigenvalue weighted by molar-refractivity contribution is 5.70. The van der Waals surface area contributed by atoms with E-state index in [0.717, 1.165) is 5.69 Å². The zero-order valence-corrected chi connectivity index (χ0v) is 8.16. The van der Waals surface area contributed by atoms with Gasteiger partial charge in [0.2, 0.25) is 6.41 Å². The molecule has 3 nitrogen and oxygen atoms in total. The Balaban J connectivity index is 0. The van der Waals surface area contributed by atoms with Crippen LogP contribution in [0.15, 0.2) is 37.7 Å². The molecule has 0 unspecified atom stereocenters. The van der Waals surface area contributed by atoms with Crippen LogP contribution in [0.25, 0.3) is 0 Å². The van der Waals surface area contributed by atoms with E-state index < -0.39 is 0 Å². The molecule has 0 atom stereocenters. The summed E-state index contributed by atoms with van der Waals surface area (Å²) in [4.78, 5) is 13.6. The molecule has 0 spiro atoms. The van der Waals surface area contributed by atoms with Crippen LogP contribution in [0.1, 0.15) is 13.8 Å². The predicted molar refractivity (Wildman–Crippen MR) is 56.5 cm³/mol. The zero-order chi connectivity index (χ0) is 10.5. The van der Waals surface area contributed by atoms with Gasteiger partial charge in [-0.2, -0.15) is 0 Å². The summed E-state index contributed by atoms with van der Waals surface area (Å²) in [6.45, 7) is 10.0. The molecular weight excluding hydrogens is 164 g/mol. The molecule has 0 radical (unpaired) electrons. The smallest absolute Gasteiger partial charge is 0.211 e. The Morgan fingerprint density at radius 1 is 1.31 bits per heavy atom. The van der Waals surface area contributed by atoms with Gasteiger partial charge in [0.05, 0.1) is 0 Å². The van der Waals surface area contributed by atoms with Gasteiger partial charge in [-0.25, -0.2) is 0 Å². The van der Waals surface area contributed by atoms with Crippen LogP contribution in [0.3, 0.4) is 0 Å². The summed E-state index contributed by atoms with van der Waals surface area (Å²) >= 11 is 0. The number of carbonyl (C=O) groups excluding carboxylic acids is 1. The molecule has 1 N–H and O–H groups in total. The third-order valence-corrected chi connectivity index (χ3v) is 0.906. The summed E-state index contributed by atoms with van der Waals surface area (Å²) in [5.74, 6) is 0. The molecule has 0 aromatic carbocycles. The number of hydrogen-bond acceptors (Lipinski definition) is 2. The molecule has 0 aliphatic heterocycles. The van der Waals surface area contributed by atoms with Crippen molar-refractivity contribution in [2.24, 2.45) is 0 Å². The maximum Gasteiger partial charge on any atom is 0.211 e. The van der Waals surface area contributed by atoms with E-state index in [-0.39, 0.29) is 0 Å². The number of hydrogen-bond donors (Lipinski definition) is 1. The van der Waals surface area contributed by atoms with Crippen molar-refractivity contribution in [2.45, 2.75) is 13.8 Å². The Labute approximate surface area is 79.5 Å². The highest BCUT2D eigenvalue weighted by Crippen LogP contribution is 1.99. The molecule has 1 amide bonds. The van der Waals surface area contributed by atoms with Crippen LogP contribution in [0, 0.1) is 0 Å². The van der Waals surface area contributed by atoms with E-state index in [0.29, 0.717) is 6.41 Å². The monoisotopic (exact) mass is 180 g/mol. The van der Waals surface area contributed by atoms with Crippen LogP contribution in [-0.4, -0.2) is 11.4 Å². The second kappa shape index (κ2) is 13.0. The third-order valence-electron chi connectivity index (χ3n) is 0.906. The van der Waals surface area contributed by atoms with Gasteiger partial charge < -0.3 is 5.32 Å². The van der Waals surface area contributed by atoms with E-state index in [1.54, 1.807) is 24.5 Å². The standard InChI is InChI=1S/C6H6N2O.C2H6.C2H4/c9-5-8-6-1-3-7-4-2-6;2*1-2/h1-5H,(H,7,8,9);1-2H3;1-2H2. The zero-order valence-electron chi connectivity index (χ0n) is 8.16. The Morgan fingerprint density at radius 2 is 1.77 bits per heavy atom. The van der Waals surface area contributed by atoms with Crippen molar-refractivity contribution in [1.82, 2.24) is 4.98 Å². The molecule has 0 saturated carbocycles. The molecule has 1 rings (SSSR count). The van der Waals surface area contributed by atoms with E-state index in [4.69, 9.17) is 0 Å². The van der Waals surface area contributed by atoms with Gasteiger partial charge in [0.25, 0.3) is 0 Å². The fourth-order valence-electron chi connectivity index (χ4n) is 0.516. The first-order chi connectivity index (χ1) is 6.43. The number of amides is 1. The average Bonchev–Trinajstić information content (AvgIpc) is 2.26. The first kappa shape index (κ1) is 13.9. The molecular formula is C10H16N2O. The van der Waals surface area contributed by atoms with Crippen molar-refractivity contribution < 1.29 is 4.79 Å². The first-order valence-electron chi connectivity index (χ1n) is 4.03. The SMILES string of the molecule is C=C.CC.O=CNc1ccncc1. The molecule has 0 aliphatic rings. The molecule has 0 fully saturated rings. The summed E-state index contributed by atoms with van der Waals surface area (Å²) in [7, 11) is 0. The van der Waals surface area contributed by atoms with Crippen LogP contribution in [0.5, 0.6) is 0 Å². The fourth-order valence-corrected chi connectivity index (χ4v) is 0.516. The highest BCUT2D eigenvalue weighted by atomic mass is 16.1. The first-order valence-corrected chi connectivity index (χ1v) is 4.03. The summed E-state index contributed by atoms with van der Waals surface area (Å²) < 4.78 is 0. The van der Waals surface area contributed by atoms with E-state index >= 15 is 0 Å². The molecule has 0 saturated heterocycles. The number of carbonyl (C=O) groups is 1. The molecule has 0 bridgehead atoms. The van der Waals surface area contributed by atoms with Crippen molar-refractivity contribution >= 4 is 12.1 Å². The van der Waals surface area contributed by atoms with Gasteiger partial charge >= 0.3 is 0 Å². The minimum Gasteiger partial charge on any atom is -0.329 e. The number of anilines is 1. The van der Waals surface area contributed by atoms with Gasteiger partial charge in [-0.1, -0.05) is 13.8 Å². The molecule has 0 aliphatic carbocycles. The van der Waals surface area contributed by atoms with Crippen molar-refractivity contribution in [1.29, 1.82) is 0 Å². The molecule has 1 heterocycles. The topological polar surface area (TPSA) is 42.0 Å². The van der Waals surface area contributed by atoms with Crippen molar-refractivity contribution in [3.05, 3.63) is 37.7 Å². The lowest BCUT2D eigenvalue weighted by Crippen LogP contribution is -1.92. The van der Waals surface area contributed by atoms with Crippen LogP contribution < -0.4 is 5.32 Å². The number of nitrogens with one attached hydrogen (secondary N) is 1. The maximum absolute atomic E-state index is 9.84. The summed E-state index contributed by atoms with van der Waals surface area (Å²) in [6, 6.07) is 3.43. The Hall–Kier alpha value is -1.64. The van der Waals surface area contributed by atoms with Crippen LogP contribution in [0.4, 0.5) is 5.69 Å². The lowest BCUT2D eigenvalue weighted by Gasteiger charge is -1.92. The van der Waals surface area contributed by atoms with Gasteiger partial charge in [0.15, 0.2) is 0 Å². The predicted octanol–water partition coefficient (Wildman–Crippen LogP) is 2.48. The van der Waals surface area contributed by atoms with Crippen LogP contribution in [0.2, 0.25) is 0 Å². The average molecular weight is 180 g/mol. The second-order valence-electron chi connectivity index (χ2n) is 1.50. The molecule has 1 aromatic heterocycles. The maximum atomic E-state index is 9.84. The summed E-state index contributed by atoms with van der Waals surface area (Å²) in [5.41, 5.74) is 0.764. The van der Waals surface area contributed by atoms with Crippen molar-refractivity contribution in [3.63, 3.8) is 0 Å². The Morgan fingerprint density at radius 3 is 2.15 bits per heavy atom. The summed E-state index contributed by atoms with van der Waals surface area (Å²) in [5, 5.41) is 2.49. The number of pyridine rings is 1. The van der Waals surface area contributed by atoms with E-state index in [1.807, 2.05) is 13.8 Å². The largest absolute Gasteiger partial charge is 0.329 e. The highest BCUT2D eigenvalue weighted by Gasteiger charge is 1.82. The number of rotatable bonds is 2. The lowest BCUT2D eigenvalue weighted by atomic mass is 10.4. The van der Waals surface area contributed by atoms with E-state index in [2.05, 4.69) is 23.5 Å². The molecule has 72 valence electrons. The van der Waals surface area contributed by atoms with Crippen molar-refractivity contribution in [3.8, 4) is 0 Å². The van der Waals surface area contributed by atoms with Gasteiger partial charge in [-0.3, -0.25) is 9.78 Å². The number of aromatic nitrogens is 1. The van der Waals surface area contributed by atoms with Gasteiger partial charge in [0, 0.05) is 18.1 Å². The Kier molecular flexibility index (Phi) is 13.9. The van der Waals surface area contributed by atoms with Gasteiger partial charge in [-0.15, -0.1) is 13.2 Å². The van der Waals surface area contributed by atoms with E-state index in [1.165, 1.54) is 0 Å². The molecule has 3 heteroatoms. The normalized spacial score (nSPS) is 6.62. The molecule has 13 heavy (non-hydrogen) atoms. The van der Waals surface area contributed by atoms with Gasteiger partial charge in [0.1, 0.15) is 0 Å². The third kappa shape index (κ3) is 8.26. The lowest BCUT2D eigenvalue weighted by molar-refractivity contribution is -0.105. The van der Waals surface area contributed by atoms with Crippen molar-refractivity contribution in [2.75, 3.05) is 5.32 Å². The molecule has 1 aromatic rings. The quantitative estimate of drug-likeness (QED) is 0.561. The fraction of sp³-hybridized carbons (Fsp3) is 0.200. The number of nitrogens with zero attached hydrogens (tertiary/aromatic N) is 1. The van der Waals surface area contributed by atoms with Crippen LogP contribution >= 0.6 is 0 Å². The van der Waals surface area contributed by atoms with Crippen LogP contribution in [-0.2, 0) is 4.79 Å². The minimum absolute atomic E-state index is 0.634. The Bertz CT molecular complexity index is 199. The minimum atomic E-state index is 0.634. The summed E-state index contributed by atoms with van der Waals surface area (Å²) in [6.07, 6.45) is 3.87. The second-order valence-corrected chi connectivity index (χ2v) is 1.50. The van der Waals surface area contributed by atoms with E-state index in [9.17, 15) is 4.79 Å².